The highest BCUT2D eigenvalue weighted by molar-refractivity contribution is 5.82. The Labute approximate surface area is 81.2 Å². The summed E-state index contributed by atoms with van der Waals surface area (Å²) in [7, 11) is 1.63. The summed E-state index contributed by atoms with van der Waals surface area (Å²) in [4.78, 5) is 4.57. The lowest BCUT2D eigenvalue weighted by Crippen LogP contribution is -1.97. The van der Waals surface area contributed by atoms with Crippen LogP contribution in [0.3, 0.4) is 0 Å². The fourth-order valence-electron chi connectivity index (χ4n) is 1.39. The average Bonchev–Trinajstić information content (AvgIpc) is 2.61. The second-order valence-corrected chi connectivity index (χ2v) is 2.93. The summed E-state index contributed by atoms with van der Waals surface area (Å²) >= 11 is 0. The van der Waals surface area contributed by atoms with Crippen LogP contribution in [0, 0.1) is 0 Å². The monoisotopic (exact) mass is 193 g/mol. The van der Waals surface area contributed by atoms with Gasteiger partial charge in [-0.15, -0.1) is 0 Å². The van der Waals surface area contributed by atoms with Crippen molar-refractivity contribution < 1.29 is 14.0 Å². The molecule has 4 heteroatoms. The van der Waals surface area contributed by atoms with Gasteiger partial charge in [-0.2, -0.15) is 0 Å². The molecule has 2 N–H and O–H groups in total. The first kappa shape index (κ1) is 9.05. The first-order chi connectivity index (χ1) is 6.85. The van der Waals surface area contributed by atoms with E-state index < -0.39 is 0 Å². The Bertz CT molecular complexity index is 436. The minimum atomic E-state index is 0.333. The molecular formula is C10H11NO3. The molecule has 0 aliphatic carbocycles. The Morgan fingerprint density at radius 2 is 2.29 bits per heavy atom. The van der Waals surface area contributed by atoms with E-state index in [0.29, 0.717) is 6.61 Å². The minimum absolute atomic E-state index is 0.333. The van der Waals surface area contributed by atoms with Gasteiger partial charge in [-0.1, -0.05) is 0 Å². The number of hydrogen-bond acceptors (Lipinski definition) is 4. The third kappa shape index (κ3) is 1.45. The standard InChI is InChI=1S/C10H11NO3/c1-12-8-2-3-10-9(4-8)7(5-13-10)6-14-11/h2-5H,6,11H2,1H3. The van der Waals surface area contributed by atoms with Crippen LogP contribution in [0.15, 0.2) is 28.9 Å². The van der Waals surface area contributed by atoms with Crippen LogP contribution >= 0.6 is 0 Å². The molecule has 4 nitrogen and oxygen atoms in total. The van der Waals surface area contributed by atoms with E-state index in [4.69, 9.17) is 15.1 Å². The van der Waals surface area contributed by atoms with Crippen LogP contribution in [0.5, 0.6) is 5.75 Å². The largest absolute Gasteiger partial charge is 0.497 e. The summed E-state index contributed by atoms with van der Waals surface area (Å²) in [5, 5.41) is 0.967. The molecule has 2 aromatic rings. The number of benzene rings is 1. The third-order valence-corrected chi connectivity index (χ3v) is 2.10. The molecule has 0 spiro atoms. The van der Waals surface area contributed by atoms with Crippen molar-refractivity contribution in [3.63, 3.8) is 0 Å². The first-order valence-electron chi connectivity index (χ1n) is 4.21. The van der Waals surface area contributed by atoms with Gasteiger partial charge in [0, 0.05) is 10.9 Å². The van der Waals surface area contributed by atoms with E-state index in [9.17, 15) is 0 Å². The fraction of sp³-hybridized carbons (Fsp3) is 0.200. The van der Waals surface area contributed by atoms with Crippen LogP contribution in [-0.2, 0) is 11.4 Å². The zero-order valence-electron chi connectivity index (χ0n) is 7.82. The Balaban J connectivity index is 2.52. The van der Waals surface area contributed by atoms with Gasteiger partial charge in [-0.05, 0) is 18.2 Å². The summed E-state index contributed by atoms with van der Waals surface area (Å²) in [6, 6.07) is 5.60. The lowest BCUT2D eigenvalue weighted by atomic mass is 10.2. The number of fused-ring (bicyclic) bond motifs is 1. The molecule has 0 atom stereocenters. The molecule has 1 aromatic heterocycles. The van der Waals surface area contributed by atoms with Crippen molar-refractivity contribution in [3.05, 3.63) is 30.0 Å². The fourth-order valence-corrected chi connectivity index (χ4v) is 1.39. The van der Waals surface area contributed by atoms with E-state index in [1.165, 1.54) is 0 Å². The van der Waals surface area contributed by atoms with E-state index in [-0.39, 0.29) is 0 Å². The molecule has 14 heavy (non-hydrogen) atoms. The average molecular weight is 193 g/mol. The van der Waals surface area contributed by atoms with Gasteiger partial charge < -0.3 is 9.15 Å². The Hall–Kier alpha value is -1.52. The highest BCUT2D eigenvalue weighted by Crippen LogP contribution is 2.25. The molecule has 0 unspecified atom stereocenters. The van der Waals surface area contributed by atoms with Gasteiger partial charge in [0.25, 0.3) is 0 Å². The van der Waals surface area contributed by atoms with E-state index >= 15 is 0 Å². The SMILES string of the molecule is COc1ccc2occ(CON)c2c1. The van der Waals surface area contributed by atoms with Crippen LogP contribution in [0.2, 0.25) is 0 Å². The number of ether oxygens (including phenoxy) is 1. The molecule has 0 saturated heterocycles. The smallest absolute Gasteiger partial charge is 0.134 e. The van der Waals surface area contributed by atoms with Gasteiger partial charge in [0.05, 0.1) is 20.0 Å². The van der Waals surface area contributed by atoms with Crippen LogP contribution in [0.1, 0.15) is 5.56 Å². The molecule has 1 heterocycles. The van der Waals surface area contributed by atoms with Crippen molar-refractivity contribution in [1.82, 2.24) is 0 Å². The molecule has 0 aliphatic heterocycles. The van der Waals surface area contributed by atoms with E-state index in [1.54, 1.807) is 13.4 Å². The third-order valence-electron chi connectivity index (χ3n) is 2.10. The molecule has 0 amide bonds. The maximum absolute atomic E-state index is 5.31. The zero-order chi connectivity index (χ0) is 9.97. The summed E-state index contributed by atoms with van der Waals surface area (Å²) in [6.07, 6.45) is 1.64. The molecular weight excluding hydrogens is 182 g/mol. The Morgan fingerprint density at radius 1 is 1.43 bits per heavy atom. The van der Waals surface area contributed by atoms with E-state index in [2.05, 4.69) is 4.84 Å². The van der Waals surface area contributed by atoms with Gasteiger partial charge in [-0.3, -0.25) is 4.84 Å². The summed E-state index contributed by atoms with van der Waals surface area (Å²) in [5.41, 5.74) is 1.72. The highest BCUT2D eigenvalue weighted by atomic mass is 16.6. The minimum Gasteiger partial charge on any atom is -0.497 e. The molecule has 0 radical (unpaired) electrons. The van der Waals surface area contributed by atoms with Crippen LogP contribution in [0.4, 0.5) is 0 Å². The van der Waals surface area contributed by atoms with Gasteiger partial charge in [-0.25, -0.2) is 5.90 Å². The molecule has 2 rings (SSSR count). The number of rotatable bonds is 3. The van der Waals surface area contributed by atoms with Gasteiger partial charge in [0.2, 0.25) is 0 Å². The Kier molecular flexibility index (Phi) is 2.39. The van der Waals surface area contributed by atoms with E-state index in [0.717, 1.165) is 22.3 Å². The van der Waals surface area contributed by atoms with Crippen molar-refractivity contribution in [2.24, 2.45) is 5.90 Å². The van der Waals surface area contributed by atoms with Crippen molar-refractivity contribution in [2.45, 2.75) is 6.61 Å². The van der Waals surface area contributed by atoms with Crippen molar-refractivity contribution in [3.8, 4) is 5.75 Å². The van der Waals surface area contributed by atoms with Crippen LogP contribution in [-0.4, -0.2) is 7.11 Å². The van der Waals surface area contributed by atoms with Gasteiger partial charge >= 0.3 is 0 Å². The van der Waals surface area contributed by atoms with Gasteiger partial charge in [0.1, 0.15) is 11.3 Å². The second-order valence-electron chi connectivity index (χ2n) is 2.93. The molecule has 74 valence electrons. The summed E-state index contributed by atoms with van der Waals surface area (Å²) in [5.74, 6) is 5.80. The predicted octanol–water partition coefficient (Wildman–Crippen LogP) is 1.83. The van der Waals surface area contributed by atoms with Crippen LogP contribution in [0.25, 0.3) is 11.0 Å². The number of furan rings is 1. The number of nitrogens with two attached hydrogens (primary N) is 1. The van der Waals surface area contributed by atoms with E-state index in [1.807, 2.05) is 18.2 Å². The predicted molar refractivity (Wildman–Crippen MR) is 51.7 cm³/mol. The maximum atomic E-state index is 5.31. The summed E-state index contributed by atoms with van der Waals surface area (Å²) in [6.45, 7) is 0.333. The maximum Gasteiger partial charge on any atom is 0.134 e. The molecule has 0 bridgehead atoms. The van der Waals surface area contributed by atoms with Crippen molar-refractivity contribution in [2.75, 3.05) is 7.11 Å². The second kappa shape index (κ2) is 3.69. The number of methoxy groups -OCH3 is 1. The normalized spacial score (nSPS) is 10.7. The Morgan fingerprint density at radius 3 is 3.00 bits per heavy atom. The molecule has 0 fully saturated rings. The zero-order valence-corrected chi connectivity index (χ0v) is 7.82. The van der Waals surface area contributed by atoms with Crippen molar-refractivity contribution >= 4 is 11.0 Å². The van der Waals surface area contributed by atoms with Gasteiger partial charge in [0.15, 0.2) is 0 Å². The lowest BCUT2D eigenvalue weighted by Gasteiger charge is -1.99. The molecule has 0 saturated carbocycles. The number of hydrogen-bond donors (Lipinski definition) is 1. The first-order valence-corrected chi connectivity index (χ1v) is 4.21. The van der Waals surface area contributed by atoms with Crippen molar-refractivity contribution in [1.29, 1.82) is 0 Å². The lowest BCUT2D eigenvalue weighted by molar-refractivity contribution is 0.124. The van der Waals surface area contributed by atoms with Crippen LogP contribution < -0.4 is 10.6 Å². The molecule has 1 aromatic carbocycles. The topological polar surface area (TPSA) is 57.6 Å². The summed E-state index contributed by atoms with van der Waals surface area (Å²) < 4.78 is 10.4. The highest BCUT2D eigenvalue weighted by Gasteiger charge is 2.06. The molecule has 0 aliphatic rings. The quantitative estimate of drug-likeness (QED) is 0.755.